The Morgan fingerprint density at radius 2 is 1.46 bits per heavy atom. The molecule has 0 N–H and O–H groups in total. The van der Waals surface area contributed by atoms with Crippen molar-refractivity contribution in [2.75, 3.05) is 7.11 Å². The highest BCUT2D eigenvalue weighted by Gasteiger charge is 2.29. The van der Waals surface area contributed by atoms with Gasteiger partial charge in [0.2, 0.25) is 0 Å². The summed E-state index contributed by atoms with van der Waals surface area (Å²) in [5.74, 6) is 1.05. The maximum absolute atomic E-state index is 14.0. The third-order valence-corrected chi connectivity index (χ3v) is 7.79. The maximum Gasteiger partial charge on any atom is 0.325 e. The van der Waals surface area contributed by atoms with Gasteiger partial charge in [0, 0.05) is 28.5 Å². The third kappa shape index (κ3) is 5.41. The molecule has 187 valence electrons. The second-order valence-electron chi connectivity index (χ2n) is 9.15. The molecule has 5 rings (SSSR count). The Kier molecular flexibility index (Phi) is 7.58. The highest BCUT2D eigenvalue weighted by atomic mass is 32.2. The molecular weight excluding hydrogens is 478 g/mol. The molecular formula is C31H30N3O2S. The fourth-order valence-electron chi connectivity index (χ4n) is 4.75. The van der Waals surface area contributed by atoms with Crippen LogP contribution in [0.3, 0.4) is 0 Å². The molecule has 0 aliphatic heterocycles. The zero-order chi connectivity index (χ0) is 25.8. The van der Waals surface area contributed by atoms with E-state index in [1.54, 1.807) is 13.3 Å². The normalized spacial score (nSPS) is 12.2. The number of imidazole rings is 1. The number of methoxy groups -OCH3 is 1. The van der Waals surface area contributed by atoms with E-state index in [1.165, 1.54) is 11.1 Å². The third-order valence-electron chi connectivity index (χ3n) is 6.57. The summed E-state index contributed by atoms with van der Waals surface area (Å²) in [6, 6.07) is 29.9. The number of benzene rings is 3. The largest absolute Gasteiger partial charge is 0.609 e. The average Bonchev–Trinajstić information content (AvgIpc) is 3.31. The summed E-state index contributed by atoms with van der Waals surface area (Å²) < 4.78 is 21.7. The number of fused-ring (bicyclic) bond motifs is 1. The number of hydrogen-bond acceptors (Lipinski definition) is 4. The van der Waals surface area contributed by atoms with Gasteiger partial charge in [0.05, 0.1) is 29.9 Å². The van der Waals surface area contributed by atoms with Crippen LogP contribution in [0, 0.1) is 19.9 Å². The molecule has 5 aromatic rings. The highest BCUT2D eigenvalue weighted by Crippen LogP contribution is 2.31. The van der Waals surface area contributed by atoms with Crippen molar-refractivity contribution in [2.45, 2.75) is 37.6 Å². The lowest BCUT2D eigenvalue weighted by Gasteiger charge is -2.22. The average molecular weight is 509 g/mol. The van der Waals surface area contributed by atoms with Gasteiger partial charge in [-0.1, -0.05) is 72.8 Å². The van der Waals surface area contributed by atoms with E-state index in [9.17, 15) is 4.55 Å². The number of ether oxygens (including phenoxy) is 1. The van der Waals surface area contributed by atoms with Gasteiger partial charge in [0.1, 0.15) is 5.75 Å². The summed E-state index contributed by atoms with van der Waals surface area (Å²) in [4.78, 5) is 9.48. The molecule has 2 heterocycles. The van der Waals surface area contributed by atoms with E-state index in [1.807, 2.05) is 44.2 Å². The Morgan fingerprint density at radius 3 is 2.08 bits per heavy atom. The molecule has 0 saturated heterocycles. The number of aryl methyl sites for hydroxylation is 1. The number of rotatable bonds is 9. The van der Waals surface area contributed by atoms with Crippen LogP contribution >= 0.6 is 0 Å². The van der Waals surface area contributed by atoms with Crippen LogP contribution in [0.4, 0.5) is 0 Å². The van der Waals surface area contributed by atoms with Crippen molar-refractivity contribution < 1.29 is 9.29 Å². The topological polar surface area (TPSA) is 63.0 Å². The number of hydrogen-bond donors (Lipinski definition) is 0. The molecule has 3 aromatic carbocycles. The summed E-state index contributed by atoms with van der Waals surface area (Å²) in [6.45, 7) is 3.93. The molecule has 1 unspecified atom stereocenters. The molecule has 0 fully saturated rings. The van der Waals surface area contributed by atoms with Gasteiger partial charge in [-0.3, -0.25) is 9.55 Å². The minimum Gasteiger partial charge on any atom is -0.609 e. The van der Waals surface area contributed by atoms with E-state index < -0.39 is 11.2 Å². The van der Waals surface area contributed by atoms with Gasteiger partial charge >= 0.3 is 5.16 Å². The lowest BCUT2D eigenvalue weighted by molar-refractivity contribution is 0.407. The zero-order valence-electron chi connectivity index (χ0n) is 21.3. The lowest BCUT2D eigenvalue weighted by Crippen LogP contribution is -2.22. The molecule has 0 amide bonds. The molecule has 1 atom stereocenters. The Hall–Kier alpha value is -3.61. The van der Waals surface area contributed by atoms with E-state index >= 15 is 0 Å². The summed E-state index contributed by atoms with van der Waals surface area (Å²) >= 11 is -1.43. The van der Waals surface area contributed by atoms with Crippen LogP contribution in [0.25, 0.3) is 11.0 Å². The van der Waals surface area contributed by atoms with E-state index in [2.05, 4.69) is 64.1 Å². The first-order chi connectivity index (χ1) is 18.0. The first kappa shape index (κ1) is 25.1. The van der Waals surface area contributed by atoms with Crippen molar-refractivity contribution in [1.82, 2.24) is 14.5 Å². The van der Waals surface area contributed by atoms with Crippen molar-refractivity contribution in [1.29, 1.82) is 0 Å². The van der Waals surface area contributed by atoms with Gasteiger partial charge in [0.15, 0.2) is 5.75 Å². The second kappa shape index (κ2) is 11.2. The standard InChI is InChI=1S/C31H30N3O2S/c1-22-20-32-28(23(2)30(22)36-3)21-37(35)31-33-27-16-10-11-17-29(27)34(31)26(18-24-12-6-4-7-13-24)19-25-14-8-5-9-15-25/h4-17,20H,18-19,21H2,1-3H3. The first-order valence-corrected chi connectivity index (χ1v) is 13.6. The van der Waals surface area contributed by atoms with E-state index in [4.69, 9.17) is 9.72 Å². The monoisotopic (exact) mass is 508 g/mol. The highest BCUT2D eigenvalue weighted by molar-refractivity contribution is 7.90. The minimum atomic E-state index is -1.43. The summed E-state index contributed by atoms with van der Waals surface area (Å²) in [5, 5.41) is 0.545. The van der Waals surface area contributed by atoms with Crippen LogP contribution in [0.15, 0.2) is 96.3 Å². The number of pyridine rings is 1. The predicted octanol–water partition coefficient (Wildman–Crippen LogP) is 6.23. The molecule has 0 spiro atoms. The van der Waals surface area contributed by atoms with E-state index in [0.29, 0.717) is 5.16 Å². The van der Waals surface area contributed by atoms with E-state index in [-0.39, 0.29) is 5.75 Å². The van der Waals surface area contributed by atoms with Crippen molar-refractivity contribution in [3.63, 3.8) is 0 Å². The number of nitrogens with zero attached hydrogens (tertiary/aromatic N) is 3. The van der Waals surface area contributed by atoms with Gasteiger partial charge in [-0.2, -0.15) is 4.98 Å². The van der Waals surface area contributed by atoms with Gasteiger partial charge in [-0.05, 0) is 49.9 Å². The molecule has 6 heteroatoms. The Bertz CT molecular complexity index is 1440. The lowest BCUT2D eigenvalue weighted by atomic mass is 9.98. The zero-order valence-corrected chi connectivity index (χ0v) is 22.2. The summed E-state index contributed by atoms with van der Waals surface area (Å²) in [5.41, 5.74) is 6.81. The smallest absolute Gasteiger partial charge is 0.325 e. The second-order valence-corrected chi connectivity index (χ2v) is 10.5. The van der Waals surface area contributed by atoms with Gasteiger partial charge in [-0.25, -0.2) is 0 Å². The van der Waals surface area contributed by atoms with Gasteiger partial charge < -0.3 is 9.29 Å². The molecule has 2 aromatic heterocycles. The number of aromatic nitrogens is 3. The molecule has 37 heavy (non-hydrogen) atoms. The van der Waals surface area contributed by atoms with Gasteiger partial charge in [0.25, 0.3) is 0 Å². The Morgan fingerprint density at radius 1 is 0.865 bits per heavy atom. The van der Waals surface area contributed by atoms with Crippen molar-refractivity contribution >= 4 is 22.2 Å². The fraction of sp³-hybridized carbons (Fsp3) is 0.194. The molecule has 0 aliphatic rings. The Labute approximate surface area is 221 Å². The van der Waals surface area contributed by atoms with E-state index in [0.717, 1.165) is 52.5 Å². The van der Waals surface area contributed by atoms with Crippen molar-refractivity contribution in [2.24, 2.45) is 0 Å². The minimum absolute atomic E-state index is 0.260. The van der Waals surface area contributed by atoms with Crippen molar-refractivity contribution in [3.05, 3.63) is 125 Å². The molecule has 1 radical (unpaired) electrons. The van der Waals surface area contributed by atoms with Crippen LogP contribution in [0.5, 0.6) is 5.75 Å². The SMILES string of the molecule is COc1c(C)cnc(C[S+]([O-])c2nc3ccccc3n2[C](Cc2ccccc2)Cc2ccccc2)c1C. The molecule has 0 saturated carbocycles. The quantitative estimate of drug-likeness (QED) is 0.221. The van der Waals surface area contributed by atoms with Crippen molar-refractivity contribution in [3.8, 4) is 5.75 Å². The summed E-state index contributed by atoms with van der Waals surface area (Å²) in [6.07, 6.45) is 3.22. The summed E-state index contributed by atoms with van der Waals surface area (Å²) in [7, 11) is 1.66. The molecule has 5 nitrogen and oxygen atoms in total. The van der Waals surface area contributed by atoms with Crippen LogP contribution < -0.4 is 4.74 Å². The maximum atomic E-state index is 14.0. The number of para-hydroxylation sites is 2. The van der Waals surface area contributed by atoms with Crippen LogP contribution in [-0.4, -0.2) is 26.2 Å². The fourth-order valence-corrected chi connectivity index (χ4v) is 6.05. The predicted molar refractivity (Wildman–Crippen MR) is 149 cm³/mol. The molecule has 0 aliphatic carbocycles. The molecule has 0 bridgehead atoms. The van der Waals surface area contributed by atoms with Crippen LogP contribution in [0.1, 0.15) is 27.9 Å². The Balaban J connectivity index is 1.59. The first-order valence-electron chi connectivity index (χ1n) is 12.3. The van der Waals surface area contributed by atoms with Crippen LogP contribution in [-0.2, 0) is 29.8 Å². The van der Waals surface area contributed by atoms with Crippen LogP contribution in [0.2, 0.25) is 0 Å². The van der Waals surface area contributed by atoms with Gasteiger partial charge in [-0.15, -0.1) is 0 Å².